The molecule has 9 heteroatoms. The number of aromatic nitrogens is 1. The Hall–Kier alpha value is -1.03. The van der Waals surface area contributed by atoms with Gasteiger partial charge in [-0.05, 0) is 37.8 Å². The molecular weight excluding hydrogens is 306 g/mol. The molecule has 114 valence electrons. The van der Waals surface area contributed by atoms with Crippen LogP contribution in [-0.4, -0.2) is 42.4 Å². The third-order valence-electron chi connectivity index (χ3n) is 2.53. The van der Waals surface area contributed by atoms with Crippen molar-refractivity contribution in [2.45, 2.75) is 25.7 Å². The number of hydrogen-bond acceptors (Lipinski definition) is 5. The molecule has 0 saturated carbocycles. The quantitative estimate of drug-likeness (QED) is 0.676. The van der Waals surface area contributed by atoms with E-state index in [0.717, 1.165) is 0 Å². The van der Waals surface area contributed by atoms with Crippen LogP contribution in [0.1, 0.15) is 24.2 Å². The average Bonchev–Trinajstić information content (AvgIpc) is 2.26. The molecule has 0 radical (unpaired) electrons. The highest BCUT2D eigenvalue weighted by molar-refractivity contribution is 7.86. The van der Waals surface area contributed by atoms with Crippen molar-refractivity contribution in [1.29, 1.82) is 0 Å². The number of pyridine rings is 1. The van der Waals surface area contributed by atoms with Gasteiger partial charge in [-0.2, -0.15) is 16.8 Å². The summed E-state index contributed by atoms with van der Waals surface area (Å²) in [5, 5.41) is 0. The van der Waals surface area contributed by atoms with Crippen molar-refractivity contribution in [3.05, 3.63) is 29.6 Å². The summed E-state index contributed by atoms with van der Waals surface area (Å²) in [4.78, 5) is 4.26. The van der Waals surface area contributed by atoms with Crippen LogP contribution in [0.25, 0.3) is 0 Å². The Labute approximate surface area is 118 Å². The molecule has 0 saturated heterocycles. The van der Waals surface area contributed by atoms with Gasteiger partial charge in [0, 0.05) is 11.4 Å². The summed E-state index contributed by atoms with van der Waals surface area (Å²) in [6, 6.07) is 5.21. The Balaban J connectivity index is 2.49. The molecule has 1 aromatic rings. The van der Waals surface area contributed by atoms with Crippen LogP contribution in [0.15, 0.2) is 18.2 Å². The molecule has 0 fully saturated rings. The zero-order valence-corrected chi connectivity index (χ0v) is 12.4. The van der Waals surface area contributed by atoms with E-state index in [9.17, 15) is 16.8 Å². The van der Waals surface area contributed by atoms with Crippen molar-refractivity contribution in [1.82, 2.24) is 4.98 Å². The Morgan fingerprint density at radius 1 is 0.850 bits per heavy atom. The minimum atomic E-state index is -3.96. The zero-order chi connectivity index (χ0) is 15.2. The predicted molar refractivity (Wildman–Crippen MR) is 73.7 cm³/mol. The van der Waals surface area contributed by atoms with E-state index >= 15 is 0 Å². The first-order valence-electron chi connectivity index (χ1n) is 6.01. The largest absolute Gasteiger partial charge is 0.286 e. The van der Waals surface area contributed by atoms with E-state index < -0.39 is 20.2 Å². The summed E-state index contributed by atoms with van der Waals surface area (Å²) >= 11 is 0. The number of hydrogen-bond donors (Lipinski definition) is 2. The van der Waals surface area contributed by atoms with Gasteiger partial charge in [-0.25, -0.2) is 0 Å². The number of nitrogens with zero attached hydrogens (tertiary/aromatic N) is 1. The van der Waals surface area contributed by atoms with E-state index in [1.807, 2.05) is 0 Å². The minimum Gasteiger partial charge on any atom is -0.286 e. The highest BCUT2D eigenvalue weighted by atomic mass is 32.2. The maximum atomic E-state index is 10.6. The van der Waals surface area contributed by atoms with Crippen LogP contribution in [0.4, 0.5) is 0 Å². The molecule has 1 heterocycles. The van der Waals surface area contributed by atoms with Crippen LogP contribution < -0.4 is 0 Å². The molecule has 0 spiro atoms. The van der Waals surface area contributed by atoms with E-state index in [1.165, 1.54) is 0 Å². The summed E-state index contributed by atoms with van der Waals surface area (Å²) in [5.74, 6) is -0.636. The summed E-state index contributed by atoms with van der Waals surface area (Å²) in [6.45, 7) is 0. The standard InChI is InChI=1S/C11H17NO6S2/c13-19(14,15)8-2-6-10-4-1-5-11(12-10)7-3-9-20(16,17)18/h1,4-5H,2-3,6-9H2,(H,13,14,15)(H,16,17,18). The van der Waals surface area contributed by atoms with Gasteiger partial charge in [0.05, 0.1) is 11.5 Å². The lowest BCUT2D eigenvalue weighted by molar-refractivity contribution is 0.479. The second kappa shape index (κ2) is 7.11. The molecule has 1 aromatic heterocycles. The second-order valence-corrected chi connectivity index (χ2v) is 7.54. The molecule has 0 amide bonds. The maximum Gasteiger partial charge on any atom is 0.264 e. The molecule has 1 rings (SSSR count). The van der Waals surface area contributed by atoms with Gasteiger partial charge in [-0.15, -0.1) is 0 Å². The maximum absolute atomic E-state index is 10.6. The fourth-order valence-corrected chi connectivity index (χ4v) is 2.70. The van der Waals surface area contributed by atoms with Gasteiger partial charge in [-0.3, -0.25) is 14.1 Å². The first-order chi connectivity index (χ1) is 9.16. The van der Waals surface area contributed by atoms with Gasteiger partial charge in [0.25, 0.3) is 20.2 Å². The van der Waals surface area contributed by atoms with E-state index in [-0.39, 0.29) is 24.3 Å². The van der Waals surface area contributed by atoms with Gasteiger partial charge in [0.1, 0.15) is 0 Å². The first-order valence-corrected chi connectivity index (χ1v) is 9.23. The monoisotopic (exact) mass is 323 g/mol. The minimum absolute atomic E-state index is 0.264. The van der Waals surface area contributed by atoms with Crippen LogP contribution >= 0.6 is 0 Å². The molecule has 20 heavy (non-hydrogen) atoms. The van der Waals surface area contributed by atoms with Gasteiger partial charge < -0.3 is 0 Å². The van der Waals surface area contributed by atoms with E-state index in [4.69, 9.17) is 9.11 Å². The summed E-state index contributed by atoms with van der Waals surface area (Å²) < 4.78 is 59.5. The average molecular weight is 323 g/mol. The van der Waals surface area contributed by atoms with Crippen LogP contribution in [0, 0.1) is 0 Å². The lowest BCUT2D eigenvalue weighted by atomic mass is 10.2. The lowest BCUT2D eigenvalue weighted by Crippen LogP contribution is -2.07. The molecule has 0 unspecified atom stereocenters. The Kier molecular flexibility index (Phi) is 6.06. The van der Waals surface area contributed by atoms with Crippen molar-refractivity contribution in [3.63, 3.8) is 0 Å². The predicted octanol–water partition coefficient (Wildman–Crippen LogP) is 0.722. The van der Waals surface area contributed by atoms with Crippen LogP contribution in [0.2, 0.25) is 0 Å². The Morgan fingerprint density at radius 2 is 1.25 bits per heavy atom. The zero-order valence-electron chi connectivity index (χ0n) is 10.8. The van der Waals surface area contributed by atoms with Crippen molar-refractivity contribution < 1.29 is 25.9 Å². The molecule has 0 aliphatic heterocycles. The van der Waals surface area contributed by atoms with Crippen LogP contribution in [0.5, 0.6) is 0 Å². The van der Waals surface area contributed by atoms with Gasteiger partial charge in [0.15, 0.2) is 0 Å². The molecule has 0 aliphatic rings. The molecule has 2 N–H and O–H groups in total. The lowest BCUT2D eigenvalue weighted by Gasteiger charge is -2.04. The Bertz CT molecular complexity index is 585. The molecule has 0 aliphatic carbocycles. The van der Waals surface area contributed by atoms with Crippen LogP contribution in [-0.2, 0) is 33.1 Å². The van der Waals surface area contributed by atoms with Gasteiger partial charge in [0.2, 0.25) is 0 Å². The topological polar surface area (TPSA) is 122 Å². The summed E-state index contributed by atoms with van der Waals surface area (Å²) in [5.41, 5.74) is 1.36. The SMILES string of the molecule is O=S(=O)(O)CCCc1cccc(CCCS(=O)(=O)O)n1. The van der Waals surface area contributed by atoms with E-state index in [2.05, 4.69) is 4.98 Å². The first kappa shape index (κ1) is 17.0. The van der Waals surface area contributed by atoms with Crippen molar-refractivity contribution in [2.24, 2.45) is 0 Å². The fourth-order valence-electron chi connectivity index (χ4n) is 1.68. The molecule has 7 nitrogen and oxygen atoms in total. The third-order valence-corrected chi connectivity index (χ3v) is 4.14. The molecule has 0 bridgehead atoms. The smallest absolute Gasteiger partial charge is 0.264 e. The van der Waals surface area contributed by atoms with Crippen molar-refractivity contribution in [2.75, 3.05) is 11.5 Å². The van der Waals surface area contributed by atoms with E-state index in [1.54, 1.807) is 18.2 Å². The third kappa shape index (κ3) is 8.20. The number of aryl methyl sites for hydroxylation is 2. The fraction of sp³-hybridized carbons (Fsp3) is 0.545. The number of rotatable bonds is 8. The van der Waals surface area contributed by atoms with Crippen molar-refractivity contribution >= 4 is 20.2 Å². The molecule has 0 atom stereocenters. The summed E-state index contributed by atoms with van der Waals surface area (Å²) in [6.07, 6.45) is 1.35. The second-order valence-electron chi connectivity index (χ2n) is 4.40. The highest BCUT2D eigenvalue weighted by Crippen LogP contribution is 2.06. The van der Waals surface area contributed by atoms with E-state index in [0.29, 0.717) is 24.2 Å². The normalized spacial score (nSPS) is 12.5. The van der Waals surface area contributed by atoms with Gasteiger partial charge in [-0.1, -0.05) is 6.07 Å². The van der Waals surface area contributed by atoms with Crippen LogP contribution in [0.3, 0.4) is 0 Å². The van der Waals surface area contributed by atoms with Gasteiger partial charge >= 0.3 is 0 Å². The van der Waals surface area contributed by atoms with Crippen molar-refractivity contribution in [3.8, 4) is 0 Å². The highest BCUT2D eigenvalue weighted by Gasteiger charge is 2.07. The Morgan fingerprint density at radius 3 is 1.60 bits per heavy atom. The molecular formula is C11H17NO6S2. The molecule has 0 aromatic carbocycles. The summed E-state index contributed by atoms with van der Waals surface area (Å²) in [7, 11) is -7.91.